The quantitative estimate of drug-likeness (QED) is 0.781. The fourth-order valence-corrected chi connectivity index (χ4v) is 2.26. The van der Waals surface area contributed by atoms with Crippen LogP contribution in [0.15, 0.2) is 59.1 Å². The van der Waals surface area contributed by atoms with E-state index in [-0.39, 0.29) is 0 Å². The van der Waals surface area contributed by atoms with Crippen LogP contribution in [0.3, 0.4) is 0 Å². The van der Waals surface area contributed by atoms with E-state index in [0.717, 1.165) is 26.7 Å². The first-order valence-corrected chi connectivity index (χ1v) is 7.08. The number of nitrogens with zero attached hydrogens (tertiary/aromatic N) is 1. The Morgan fingerprint density at radius 1 is 1.05 bits per heavy atom. The third-order valence-electron chi connectivity index (χ3n) is 3.01. The van der Waals surface area contributed by atoms with Crippen LogP contribution < -0.4 is 10.5 Å². The average molecular weight is 329 g/mol. The molecule has 0 aliphatic heterocycles. The molecule has 1 heterocycles. The zero-order chi connectivity index (χ0) is 13.9. The third kappa shape index (κ3) is 2.66. The number of fused-ring (bicyclic) bond motifs is 1. The van der Waals surface area contributed by atoms with Gasteiger partial charge in [-0.2, -0.15) is 0 Å². The van der Waals surface area contributed by atoms with Gasteiger partial charge in [-0.05, 0) is 36.4 Å². The summed E-state index contributed by atoms with van der Waals surface area (Å²) in [5.41, 5.74) is 7.59. The molecule has 3 aromatic rings. The van der Waals surface area contributed by atoms with Crippen molar-refractivity contribution < 1.29 is 4.74 Å². The highest BCUT2D eigenvalue weighted by molar-refractivity contribution is 9.10. The van der Waals surface area contributed by atoms with E-state index in [1.54, 1.807) is 0 Å². The molecule has 2 N–H and O–H groups in total. The van der Waals surface area contributed by atoms with Crippen LogP contribution in [0.1, 0.15) is 5.56 Å². The van der Waals surface area contributed by atoms with E-state index in [1.165, 1.54) is 0 Å². The molecule has 100 valence electrons. The lowest BCUT2D eigenvalue weighted by atomic mass is 10.1. The van der Waals surface area contributed by atoms with Gasteiger partial charge in [-0.3, -0.25) is 0 Å². The Balaban J connectivity index is 2.03. The van der Waals surface area contributed by atoms with Gasteiger partial charge in [0.1, 0.15) is 5.75 Å². The van der Waals surface area contributed by atoms with Crippen molar-refractivity contribution in [2.24, 2.45) is 5.73 Å². The molecule has 20 heavy (non-hydrogen) atoms. The maximum Gasteiger partial charge on any atom is 0.224 e. The topological polar surface area (TPSA) is 48.1 Å². The van der Waals surface area contributed by atoms with Crippen molar-refractivity contribution in [3.63, 3.8) is 0 Å². The Labute approximate surface area is 125 Å². The van der Waals surface area contributed by atoms with Crippen LogP contribution in [-0.4, -0.2) is 4.98 Å². The maximum atomic E-state index is 5.85. The Bertz CT molecular complexity index is 741. The van der Waals surface area contributed by atoms with Gasteiger partial charge in [0.25, 0.3) is 0 Å². The van der Waals surface area contributed by atoms with E-state index < -0.39 is 0 Å². The van der Waals surface area contributed by atoms with Gasteiger partial charge in [-0.25, -0.2) is 4.98 Å². The van der Waals surface area contributed by atoms with Gasteiger partial charge in [0.15, 0.2) is 0 Å². The van der Waals surface area contributed by atoms with Crippen molar-refractivity contribution >= 4 is 26.8 Å². The van der Waals surface area contributed by atoms with Crippen LogP contribution in [0, 0.1) is 0 Å². The SMILES string of the molecule is NCc1cc2ccccc2nc1Oc1ccc(Br)cc1. The number of aromatic nitrogens is 1. The van der Waals surface area contributed by atoms with Gasteiger partial charge >= 0.3 is 0 Å². The molecular formula is C16H13BrN2O. The second-order valence-corrected chi connectivity index (χ2v) is 5.32. The summed E-state index contributed by atoms with van der Waals surface area (Å²) in [6, 6.07) is 17.6. The van der Waals surface area contributed by atoms with Crippen molar-refractivity contribution in [1.82, 2.24) is 4.98 Å². The van der Waals surface area contributed by atoms with Gasteiger partial charge in [0.2, 0.25) is 5.88 Å². The van der Waals surface area contributed by atoms with Gasteiger partial charge in [-0.15, -0.1) is 0 Å². The monoisotopic (exact) mass is 328 g/mol. The predicted molar refractivity (Wildman–Crippen MR) is 83.9 cm³/mol. The summed E-state index contributed by atoms with van der Waals surface area (Å²) >= 11 is 3.40. The molecule has 0 spiro atoms. The molecule has 0 radical (unpaired) electrons. The van der Waals surface area contributed by atoms with Crippen LogP contribution in [-0.2, 0) is 6.54 Å². The molecule has 0 aliphatic rings. The molecule has 0 aliphatic carbocycles. The minimum absolute atomic E-state index is 0.393. The summed E-state index contributed by atoms with van der Waals surface area (Å²) in [4.78, 5) is 4.55. The number of para-hydroxylation sites is 1. The minimum atomic E-state index is 0.393. The van der Waals surface area contributed by atoms with E-state index >= 15 is 0 Å². The van der Waals surface area contributed by atoms with Gasteiger partial charge < -0.3 is 10.5 Å². The first-order valence-electron chi connectivity index (χ1n) is 6.28. The Morgan fingerprint density at radius 3 is 2.55 bits per heavy atom. The Morgan fingerprint density at radius 2 is 1.80 bits per heavy atom. The number of rotatable bonds is 3. The summed E-state index contributed by atoms with van der Waals surface area (Å²) in [5.74, 6) is 1.30. The molecule has 3 rings (SSSR count). The van der Waals surface area contributed by atoms with Crippen molar-refractivity contribution in [2.45, 2.75) is 6.54 Å². The number of halogens is 1. The summed E-state index contributed by atoms with van der Waals surface area (Å²) in [6.45, 7) is 0.393. The number of hydrogen-bond donors (Lipinski definition) is 1. The predicted octanol–water partition coefficient (Wildman–Crippen LogP) is 4.25. The third-order valence-corrected chi connectivity index (χ3v) is 3.54. The molecule has 0 atom stereocenters. The van der Waals surface area contributed by atoms with Crippen LogP contribution >= 0.6 is 15.9 Å². The number of benzene rings is 2. The zero-order valence-electron chi connectivity index (χ0n) is 10.7. The molecular weight excluding hydrogens is 316 g/mol. The average Bonchev–Trinajstić information content (AvgIpc) is 2.49. The maximum absolute atomic E-state index is 5.85. The molecule has 1 aromatic heterocycles. The number of ether oxygens (including phenoxy) is 1. The standard InChI is InChI=1S/C16H13BrN2O/c17-13-5-7-14(8-6-13)20-16-12(10-18)9-11-3-1-2-4-15(11)19-16/h1-9H,10,18H2. The highest BCUT2D eigenvalue weighted by atomic mass is 79.9. The molecule has 0 bridgehead atoms. The first-order chi connectivity index (χ1) is 9.76. The fourth-order valence-electron chi connectivity index (χ4n) is 1.99. The van der Waals surface area contributed by atoms with Crippen molar-refractivity contribution in [3.05, 3.63) is 64.6 Å². The van der Waals surface area contributed by atoms with Gasteiger partial charge in [0.05, 0.1) is 5.52 Å². The highest BCUT2D eigenvalue weighted by Gasteiger charge is 2.08. The van der Waals surface area contributed by atoms with Crippen LogP contribution in [0.4, 0.5) is 0 Å². The second kappa shape index (κ2) is 5.61. The van der Waals surface area contributed by atoms with Gasteiger partial charge in [-0.1, -0.05) is 34.1 Å². The first kappa shape index (κ1) is 13.1. The number of nitrogens with two attached hydrogens (primary N) is 1. The normalized spacial score (nSPS) is 10.7. The molecule has 4 heteroatoms. The van der Waals surface area contributed by atoms with Crippen molar-refractivity contribution in [3.8, 4) is 11.6 Å². The van der Waals surface area contributed by atoms with E-state index in [0.29, 0.717) is 12.4 Å². The van der Waals surface area contributed by atoms with E-state index in [9.17, 15) is 0 Å². The second-order valence-electron chi connectivity index (χ2n) is 4.41. The number of hydrogen-bond acceptors (Lipinski definition) is 3. The molecule has 0 unspecified atom stereocenters. The summed E-state index contributed by atoms with van der Waals surface area (Å²) < 4.78 is 6.86. The summed E-state index contributed by atoms with van der Waals surface area (Å²) in [6.07, 6.45) is 0. The molecule has 3 nitrogen and oxygen atoms in total. The Hall–Kier alpha value is -1.91. The molecule has 2 aromatic carbocycles. The lowest BCUT2D eigenvalue weighted by molar-refractivity contribution is 0.458. The Kier molecular flexibility index (Phi) is 3.67. The molecule has 0 saturated carbocycles. The van der Waals surface area contributed by atoms with Crippen LogP contribution in [0.5, 0.6) is 11.6 Å². The lowest BCUT2D eigenvalue weighted by Crippen LogP contribution is -2.01. The zero-order valence-corrected chi connectivity index (χ0v) is 12.3. The largest absolute Gasteiger partial charge is 0.439 e. The van der Waals surface area contributed by atoms with E-state index in [4.69, 9.17) is 10.5 Å². The smallest absolute Gasteiger partial charge is 0.224 e. The summed E-state index contributed by atoms with van der Waals surface area (Å²) in [5, 5.41) is 1.07. The van der Waals surface area contributed by atoms with Crippen molar-refractivity contribution in [2.75, 3.05) is 0 Å². The molecule has 0 fully saturated rings. The minimum Gasteiger partial charge on any atom is -0.439 e. The fraction of sp³-hybridized carbons (Fsp3) is 0.0625. The van der Waals surface area contributed by atoms with Crippen molar-refractivity contribution in [1.29, 1.82) is 0 Å². The molecule has 0 amide bonds. The molecule has 0 saturated heterocycles. The summed E-state index contributed by atoms with van der Waals surface area (Å²) in [7, 11) is 0. The van der Waals surface area contributed by atoms with Crippen LogP contribution in [0.2, 0.25) is 0 Å². The van der Waals surface area contributed by atoms with E-state index in [2.05, 4.69) is 20.9 Å². The lowest BCUT2D eigenvalue weighted by Gasteiger charge is -2.10. The highest BCUT2D eigenvalue weighted by Crippen LogP contribution is 2.27. The van der Waals surface area contributed by atoms with E-state index in [1.807, 2.05) is 54.6 Å². The van der Waals surface area contributed by atoms with Gasteiger partial charge in [0, 0.05) is 22.0 Å². The van der Waals surface area contributed by atoms with Crippen LogP contribution in [0.25, 0.3) is 10.9 Å². The number of pyridine rings is 1.